The van der Waals surface area contributed by atoms with E-state index in [9.17, 15) is 27.2 Å². The predicted octanol–water partition coefficient (Wildman–Crippen LogP) is 7.75. The average Bonchev–Trinajstić information content (AvgIpc) is 3.00. The third-order valence-corrected chi connectivity index (χ3v) is 7.73. The van der Waals surface area contributed by atoms with E-state index in [0.29, 0.717) is 28.5 Å². The number of nitrogens with zero attached hydrogens (tertiary/aromatic N) is 3. The summed E-state index contributed by atoms with van der Waals surface area (Å²) in [6.45, 7) is 5.80. The molecular weight excluding hydrogens is 570 g/mol. The van der Waals surface area contributed by atoms with Crippen molar-refractivity contribution in [3.63, 3.8) is 0 Å². The highest BCUT2D eigenvalue weighted by atomic mass is 19.4. The Labute approximate surface area is 252 Å². The quantitative estimate of drug-likeness (QED) is 0.171. The highest BCUT2D eigenvalue weighted by Gasteiger charge is 2.35. The van der Waals surface area contributed by atoms with Crippen LogP contribution in [0, 0.1) is 12.7 Å². The van der Waals surface area contributed by atoms with Crippen LogP contribution in [-0.2, 0) is 30.4 Å². The fourth-order valence-corrected chi connectivity index (χ4v) is 5.21. The van der Waals surface area contributed by atoms with E-state index in [2.05, 4.69) is 0 Å². The molecule has 9 heteroatoms. The number of halogens is 4. The third kappa shape index (κ3) is 6.41. The number of alkyl halides is 3. The zero-order valence-electron chi connectivity index (χ0n) is 24.5. The molecule has 1 amide bonds. The summed E-state index contributed by atoms with van der Waals surface area (Å²) in [5, 5.41) is 0.406. The van der Waals surface area contributed by atoms with Crippen molar-refractivity contribution >= 4 is 16.8 Å². The molecule has 226 valence electrons. The molecule has 0 spiro atoms. The summed E-state index contributed by atoms with van der Waals surface area (Å²) in [4.78, 5) is 34.2. The van der Waals surface area contributed by atoms with Gasteiger partial charge in [0.1, 0.15) is 11.6 Å². The molecular formula is C35H31F4N3O2. The van der Waals surface area contributed by atoms with Crippen LogP contribution < -0.4 is 5.56 Å². The number of aryl methyl sites for hydroxylation is 2. The number of aromatic nitrogens is 2. The van der Waals surface area contributed by atoms with Gasteiger partial charge < -0.3 is 4.90 Å². The summed E-state index contributed by atoms with van der Waals surface area (Å²) < 4.78 is 55.8. The number of benzene rings is 4. The monoisotopic (exact) mass is 601 g/mol. The minimum Gasteiger partial charge on any atom is -0.328 e. The second-order valence-electron chi connectivity index (χ2n) is 10.8. The average molecular weight is 602 g/mol. The second-order valence-corrected chi connectivity index (χ2v) is 10.8. The standard InChI is InChI=1S/C35H31F4N3O2/c1-4-24-11-13-25(14-12-24)21-41(32(43)20-26-15-18-30(36)29(19-26)35(37,38)39)23(3)33-40-31-8-6-5-7-28(31)34(44)42(33)27-16-9-22(2)10-17-27/h5-19,23H,4,20-21H2,1-3H3/t23-/m1/s1. The first-order valence-electron chi connectivity index (χ1n) is 14.3. The molecule has 5 rings (SSSR count). The lowest BCUT2D eigenvalue weighted by Gasteiger charge is -2.31. The van der Waals surface area contributed by atoms with Gasteiger partial charge >= 0.3 is 6.18 Å². The van der Waals surface area contributed by atoms with Gasteiger partial charge in [0.05, 0.1) is 34.6 Å². The molecule has 0 saturated carbocycles. The van der Waals surface area contributed by atoms with Gasteiger partial charge in [-0.05, 0) is 73.4 Å². The summed E-state index contributed by atoms with van der Waals surface area (Å²) in [6.07, 6.45) is -4.49. The lowest BCUT2D eigenvalue weighted by Crippen LogP contribution is -2.38. The van der Waals surface area contributed by atoms with Crippen LogP contribution in [0.25, 0.3) is 16.6 Å². The van der Waals surface area contributed by atoms with Gasteiger partial charge in [0.15, 0.2) is 0 Å². The van der Waals surface area contributed by atoms with Gasteiger partial charge in [-0.2, -0.15) is 13.2 Å². The molecule has 44 heavy (non-hydrogen) atoms. The van der Waals surface area contributed by atoms with E-state index in [0.717, 1.165) is 29.2 Å². The molecule has 0 fully saturated rings. The zero-order valence-corrected chi connectivity index (χ0v) is 24.5. The first kappa shape index (κ1) is 30.7. The smallest absolute Gasteiger partial charge is 0.328 e. The summed E-state index contributed by atoms with van der Waals surface area (Å²) in [7, 11) is 0. The lowest BCUT2D eigenvalue weighted by atomic mass is 10.0. The number of fused-ring (bicyclic) bond motifs is 1. The van der Waals surface area contributed by atoms with Crippen molar-refractivity contribution in [2.75, 3.05) is 0 Å². The summed E-state index contributed by atoms with van der Waals surface area (Å²) >= 11 is 0. The van der Waals surface area contributed by atoms with Gasteiger partial charge in [-0.25, -0.2) is 9.37 Å². The lowest BCUT2D eigenvalue weighted by molar-refractivity contribution is -0.140. The van der Waals surface area contributed by atoms with E-state index >= 15 is 0 Å². The largest absolute Gasteiger partial charge is 0.419 e. The van der Waals surface area contributed by atoms with E-state index in [-0.39, 0.29) is 17.7 Å². The molecule has 1 atom stereocenters. The fraction of sp³-hybridized carbons (Fsp3) is 0.229. The van der Waals surface area contributed by atoms with Crippen molar-refractivity contribution in [3.8, 4) is 5.69 Å². The number of rotatable bonds is 8. The molecule has 0 unspecified atom stereocenters. The van der Waals surface area contributed by atoms with Crippen LogP contribution in [0.2, 0.25) is 0 Å². The number of para-hydroxylation sites is 1. The summed E-state index contributed by atoms with van der Waals surface area (Å²) in [5.74, 6) is -1.61. The van der Waals surface area contributed by atoms with Crippen LogP contribution >= 0.6 is 0 Å². The van der Waals surface area contributed by atoms with Crippen molar-refractivity contribution in [2.24, 2.45) is 0 Å². The Morgan fingerprint density at radius 1 is 0.909 bits per heavy atom. The van der Waals surface area contributed by atoms with Crippen molar-refractivity contribution < 1.29 is 22.4 Å². The molecule has 0 bridgehead atoms. The molecule has 0 aliphatic rings. The summed E-state index contributed by atoms with van der Waals surface area (Å²) in [5.41, 5.74) is 2.19. The Bertz CT molecular complexity index is 1860. The molecule has 1 aromatic heterocycles. The number of hydrogen-bond acceptors (Lipinski definition) is 3. The van der Waals surface area contributed by atoms with Crippen LogP contribution in [0.5, 0.6) is 0 Å². The van der Waals surface area contributed by atoms with Gasteiger partial charge in [-0.3, -0.25) is 14.2 Å². The highest BCUT2D eigenvalue weighted by Crippen LogP contribution is 2.32. The van der Waals surface area contributed by atoms with Gasteiger partial charge in [0, 0.05) is 6.54 Å². The van der Waals surface area contributed by atoms with Crippen molar-refractivity contribution in [2.45, 2.75) is 52.4 Å². The first-order chi connectivity index (χ1) is 21.0. The van der Waals surface area contributed by atoms with Crippen molar-refractivity contribution in [1.29, 1.82) is 0 Å². The number of carbonyl (C=O) groups excluding carboxylic acids is 1. The molecule has 5 nitrogen and oxygen atoms in total. The predicted molar refractivity (Wildman–Crippen MR) is 162 cm³/mol. The number of carbonyl (C=O) groups is 1. The Morgan fingerprint density at radius 2 is 1.55 bits per heavy atom. The van der Waals surface area contributed by atoms with Crippen LogP contribution in [0.3, 0.4) is 0 Å². The topological polar surface area (TPSA) is 55.2 Å². The molecule has 4 aromatic carbocycles. The maximum Gasteiger partial charge on any atom is 0.419 e. The minimum atomic E-state index is -4.91. The van der Waals surface area contributed by atoms with Gasteiger partial charge in [-0.1, -0.05) is 67.1 Å². The fourth-order valence-electron chi connectivity index (χ4n) is 5.21. The molecule has 0 radical (unpaired) electrons. The third-order valence-electron chi connectivity index (χ3n) is 7.73. The van der Waals surface area contributed by atoms with Crippen molar-refractivity contribution in [1.82, 2.24) is 14.5 Å². The van der Waals surface area contributed by atoms with E-state index in [1.807, 2.05) is 50.2 Å². The maximum atomic E-state index is 14.0. The molecule has 1 heterocycles. The Hall–Kier alpha value is -4.79. The molecule has 0 N–H and O–H groups in total. The maximum absolute atomic E-state index is 14.0. The van der Waals surface area contributed by atoms with E-state index < -0.39 is 35.9 Å². The number of amides is 1. The van der Waals surface area contributed by atoms with Gasteiger partial charge in [0.25, 0.3) is 5.56 Å². The zero-order chi connectivity index (χ0) is 31.6. The van der Waals surface area contributed by atoms with E-state index in [1.165, 1.54) is 15.5 Å². The van der Waals surface area contributed by atoms with E-state index in [4.69, 9.17) is 4.98 Å². The minimum absolute atomic E-state index is 0.0182. The van der Waals surface area contributed by atoms with Crippen LogP contribution in [0.4, 0.5) is 17.6 Å². The van der Waals surface area contributed by atoms with E-state index in [1.54, 1.807) is 43.3 Å². The van der Waals surface area contributed by atoms with Crippen LogP contribution in [0.15, 0.2) is 95.8 Å². The Kier molecular flexibility index (Phi) is 8.67. The highest BCUT2D eigenvalue weighted by molar-refractivity contribution is 5.80. The molecule has 0 saturated heterocycles. The van der Waals surface area contributed by atoms with Crippen LogP contribution in [-0.4, -0.2) is 20.4 Å². The number of hydrogen-bond donors (Lipinski definition) is 0. The Balaban J connectivity index is 1.62. The second kappa shape index (κ2) is 12.4. The molecule has 0 aliphatic carbocycles. The van der Waals surface area contributed by atoms with Gasteiger partial charge in [0.2, 0.25) is 5.91 Å². The van der Waals surface area contributed by atoms with Gasteiger partial charge in [-0.15, -0.1) is 0 Å². The summed E-state index contributed by atoms with van der Waals surface area (Å²) in [6, 6.07) is 23.8. The molecule has 0 aliphatic heterocycles. The van der Waals surface area contributed by atoms with Crippen LogP contribution in [0.1, 0.15) is 53.5 Å². The first-order valence-corrected chi connectivity index (χ1v) is 14.3. The molecule has 5 aromatic rings. The normalized spacial score (nSPS) is 12.3. The SMILES string of the molecule is CCc1ccc(CN(C(=O)Cc2ccc(F)c(C(F)(F)F)c2)[C@H](C)c2nc3ccccc3c(=O)n2-c2ccc(C)cc2)cc1. The Morgan fingerprint density at radius 3 is 2.20 bits per heavy atom. The van der Waals surface area contributed by atoms with Crippen molar-refractivity contribution in [3.05, 3.63) is 141 Å².